The summed E-state index contributed by atoms with van der Waals surface area (Å²) in [6.45, 7) is 0.608. The highest BCUT2D eigenvalue weighted by atomic mass is 35.5. The number of nitrogens with zero attached hydrogens (tertiary/aromatic N) is 1. The van der Waals surface area contributed by atoms with Gasteiger partial charge in [-0.1, -0.05) is 11.6 Å². The Bertz CT molecular complexity index is 810. The van der Waals surface area contributed by atoms with Crippen LogP contribution in [0.2, 0.25) is 5.02 Å². The first-order valence-corrected chi connectivity index (χ1v) is 9.65. The second-order valence-electron chi connectivity index (χ2n) is 5.93. The monoisotopic (exact) mass is 407 g/mol. The molecule has 0 saturated carbocycles. The van der Waals surface area contributed by atoms with Crippen molar-refractivity contribution in [3.05, 3.63) is 34.1 Å². The highest BCUT2D eigenvalue weighted by molar-refractivity contribution is 7.90. The molecule has 1 aliphatic heterocycles. The lowest BCUT2D eigenvalue weighted by Gasteiger charge is -2.22. The summed E-state index contributed by atoms with van der Waals surface area (Å²) < 4.78 is 43.6. The summed E-state index contributed by atoms with van der Waals surface area (Å²) in [6.07, 6.45) is 0.580. The van der Waals surface area contributed by atoms with E-state index in [0.717, 1.165) is 12.1 Å². The van der Waals surface area contributed by atoms with Gasteiger partial charge in [0, 0.05) is 32.9 Å². The third-order valence-electron chi connectivity index (χ3n) is 3.84. The van der Waals surface area contributed by atoms with Crippen molar-refractivity contribution in [2.75, 3.05) is 27.3 Å². The van der Waals surface area contributed by atoms with E-state index >= 15 is 0 Å². The Morgan fingerprint density at radius 2 is 1.88 bits per heavy atom. The van der Waals surface area contributed by atoms with Crippen molar-refractivity contribution < 1.29 is 27.1 Å². The number of rotatable bonds is 5. The molecule has 1 aromatic carbocycles. The van der Waals surface area contributed by atoms with Crippen LogP contribution in [0.5, 0.6) is 0 Å². The average molecular weight is 408 g/mol. The summed E-state index contributed by atoms with van der Waals surface area (Å²) in [4.78, 5) is 27.4. The van der Waals surface area contributed by atoms with E-state index in [9.17, 15) is 22.4 Å². The molecule has 2 N–H and O–H groups in total. The molecule has 1 saturated heterocycles. The number of hydrogen-bond acceptors (Lipinski definition) is 5. The van der Waals surface area contributed by atoms with Crippen molar-refractivity contribution in [1.82, 2.24) is 15.2 Å². The zero-order chi connectivity index (χ0) is 19.5. The van der Waals surface area contributed by atoms with Gasteiger partial charge in [-0.05, 0) is 25.0 Å². The van der Waals surface area contributed by atoms with Crippen LogP contribution in [0.15, 0.2) is 12.1 Å². The quantitative estimate of drug-likeness (QED) is 0.706. The average Bonchev–Trinajstić information content (AvgIpc) is 2.62. The maximum atomic E-state index is 14.2. The van der Waals surface area contributed by atoms with Crippen molar-refractivity contribution >= 4 is 33.4 Å². The van der Waals surface area contributed by atoms with Crippen molar-refractivity contribution in [2.24, 2.45) is 0 Å². The number of sulfonamides is 1. The number of nitrogens with one attached hydrogen (secondary N) is 2. The van der Waals surface area contributed by atoms with E-state index in [1.165, 1.54) is 19.0 Å². The van der Waals surface area contributed by atoms with E-state index in [1.54, 1.807) is 0 Å². The van der Waals surface area contributed by atoms with Crippen LogP contribution in [0, 0.1) is 5.82 Å². The second-order valence-corrected chi connectivity index (χ2v) is 8.30. The fourth-order valence-corrected chi connectivity index (χ4v) is 3.82. The van der Waals surface area contributed by atoms with Crippen LogP contribution in [-0.2, 0) is 14.8 Å². The summed E-state index contributed by atoms with van der Waals surface area (Å²) in [5.41, 5.74) is 1.41. The highest BCUT2D eigenvalue weighted by Crippen LogP contribution is 2.22. The van der Waals surface area contributed by atoms with Crippen molar-refractivity contribution in [3.8, 4) is 0 Å². The number of carbonyl (C=O) groups is 2. The molecule has 26 heavy (non-hydrogen) atoms. The third-order valence-corrected chi connectivity index (χ3v) is 5.85. The predicted octanol–water partition coefficient (Wildman–Crippen LogP) is 0.924. The van der Waals surface area contributed by atoms with Crippen LogP contribution in [0.3, 0.4) is 0 Å². The molecule has 0 aliphatic carbocycles. The van der Waals surface area contributed by atoms with Gasteiger partial charge in [0.15, 0.2) is 5.82 Å². The van der Waals surface area contributed by atoms with Crippen LogP contribution in [-0.4, -0.2) is 57.7 Å². The first kappa shape index (κ1) is 20.6. The molecule has 2 rings (SSSR count). The standard InChI is InChI=1S/C15H19ClFN3O5S/c1-20(2)15(22)9-7-11(13(17)12(16)8-9)14(21)18-19-26(23,24)10-3-5-25-6-4-10/h7-8,10,19H,3-6H2,1-2H3,(H,18,21). The van der Waals surface area contributed by atoms with Gasteiger partial charge in [-0.25, -0.2) is 12.8 Å². The molecule has 8 nitrogen and oxygen atoms in total. The van der Waals surface area contributed by atoms with E-state index in [0.29, 0.717) is 13.2 Å². The van der Waals surface area contributed by atoms with Crippen molar-refractivity contribution in [3.63, 3.8) is 0 Å². The van der Waals surface area contributed by atoms with Crippen LogP contribution in [0.4, 0.5) is 4.39 Å². The molecule has 0 spiro atoms. The normalized spacial score (nSPS) is 15.5. The van der Waals surface area contributed by atoms with E-state index < -0.39 is 43.5 Å². The van der Waals surface area contributed by atoms with Gasteiger partial charge < -0.3 is 9.64 Å². The first-order valence-electron chi connectivity index (χ1n) is 7.73. The molecule has 2 amide bonds. The maximum Gasteiger partial charge on any atom is 0.269 e. The Labute approximate surface area is 155 Å². The SMILES string of the molecule is CN(C)C(=O)c1cc(Cl)c(F)c(C(=O)NNS(=O)(=O)C2CCOCC2)c1. The molecule has 1 heterocycles. The van der Waals surface area contributed by atoms with Crippen LogP contribution in [0.1, 0.15) is 33.6 Å². The summed E-state index contributed by atoms with van der Waals surface area (Å²) in [6, 6.07) is 2.11. The number of benzene rings is 1. The molecule has 0 aromatic heterocycles. The fraction of sp³-hybridized carbons (Fsp3) is 0.467. The highest BCUT2D eigenvalue weighted by Gasteiger charge is 2.28. The minimum atomic E-state index is -3.84. The number of hydrogen-bond donors (Lipinski definition) is 2. The van der Waals surface area contributed by atoms with Crippen LogP contribution in [0.25, 0.3) is 0 Å². The minimum Gasteiger partial charge on any atom is -0.381 e. The predicted molar refractivity (Wildman–Crippen MR) is 92.8 cm³/mol. The molecule has 0 bridgehead atoms. The number of halogens is 2. The largest absolute Gasteiger partial charge is 0.381 e. The summed E-state index contributed by atoms with van der Waals surface area (Å²) in [7, 11) is -0.867. The molecular formula is C15H19ClFN3O5S. The zero-order valence-corrected chi connectivity index (χ0v) is 15.8. The topological polar surface area (TPSA) is 105 Å². The lowest BCUT2D eigenvalue weighted by atomic mass is 10.1. The molecule has 11 heteroatoms. The zero-order valence-electron chi connectivity index (χ0n) is 14.2. The van der Waals surface area contributed by atoms with E-state index in [2.05, 4.69) is 0 Å². The molecular weight excluding hydrogens is 389 g/mol. The fourth-order valence-electron chi connectivity index (χ4n) is 2.39. The summed E-state index contributed by atoms with van der Waals surface area (Å²) in [5.74, 6) is -2.60. The molecule has 0 atom stereocenters. The Hall–Kier alpha value is -1.75. The lowest BCUT2D eigenvalue weighted by molar-refractivity contribution is 0.0827. The summed E-state index contributed by atoms with van der Waals surface area (Å²) in [5, 5.41) is -1.14. The van der Waals surface area contributed by atoms with Gasteiger partial charge in [0.05, 0.1) is 15.8 Å². The molecule has 144 valence electrons. The van der Waals surface area contributed by atoms with Gasteiger partial charge >= 0.3 is 0 Å². The van der Waals surface area contributed by atoms with Gasteiger partial charge in [-0.2, -0.15) is 0 Å². The number of amides is 2. The molecule has 0 radical (unpaired) electrons. The summed E-state index contributed by atoms with van der Waals surface area (Å²) >= 11 is 5.75. The number of carbonyl (C=O) groups excluding carboxylic acids is 2. The molecule has 1 aliphatic rings. The van der Waals surface area contributed by atoms with Gasteiger partial charge in [-0.15, -0.1) is 4.83 Å². The number of hydrazine groups is 1. The smallest absolute Gasteiger partial charge is 0.269 e. The number of ether oxygens (including phenoxy) is 1. The van der Waals surface area contributed by atoms with Gasteiger partial charge in [0.25, 0.3) is 11.8 Å². The first-order chi connectivity index (χ1) is 12.1. The molecule has 1 aromatic rings. The Kier molecular flexibility index (Phi) is 6.56. The molecule has 0 unspecified atom stereocenters. The van der Waals surface area contributed by atoms with Gasteiger partial charge in [-0.3, -0.25) is 15.0 Å². The van der Waals surface area contributed by atoms with E-state index in [1.807, 2.05) is 10.3 Å². The lowest BCUT2D eigenvalue weighted by Crippen LogP contribution is -2.47. The van der Waals surface area contributed by atoms with Crippen LogP contribution >= 0.6 is 11.6 Å². The third kappa shape index (κ3) is 4.70. The Morgan fingerprint density at radius 1 is 1.27 bits per heavy atom. The van der Waals surface area contributed by atoms with Crippen molar-refractivity contribution in [2.45, 2.75) is 18.1 Å². The Morgan fingerprint density at radius 3 is 2.46 bits per heavy atom. The Balaban J connectivity index is 2.17. The minimum absolute atomic E-state index is 0.00108. The van der Waals surface area contributed by atoms with Gasteiger partial charge in [0.1, 0.15) is 0 Å². The molecule has 1 fully saturated rings. The van der Waals surface area contributed by atoms with Crippen LogP contribution < -0.4 is 10.3 Å². The maximum absolute atomic E-state index is 14.2. The second kappa shape index (κ2) is 8.30. The van der Waals surface area contributed by atoms with E-state index in [-0.39, 0.29) is 18.4 Å². The van der Waals surface area contributed by atoms with Crippen molar-refractivity contribution in [1.29, 1.82) is 0 Å². The van der Waals surface area contributed by atoms with E-state index in [4.69, 9.17) is 16.3 Å². The van der Waals surface area contributed by atoms with Gasteiger partial charge in [0.2, 0.25) is 10.0 Å².